The average molecular weight is 502 g/mol. The molecule has 5 heteroatoms. The Balaban J connectivity index is 1.63. The van der Waals surface area contributed by atoms with Crippen LogP contribution in [0.3, 0.4) is 0 Å². The fraction of sp³-hybridized carbons (Fsp3) is 0.217. The van der Waals surface area contributed by atoms with E-state index in [1.165, 1.54) is 21.9 Å². The fourth-order valence-corrected chi connectivity index (χ4v) is 4.56. The van der Waals surface area contributed by atoms with Crippen LogP contribution in [0, 0.1) is 13.8 Å². The second-order valence-electron chi connectivity index (χ2n) is 7.34. The maximum atomic E-state index is 10.7. The van der Waals surface area contributed by atoms with Gasteiger partial charge in [-0.15, -0.1) is 0 Å². The summed E-state index contributed by atoms with van der Waals surface area (Å²) in [6.45, 7) is 5.20. The van der Waals surface area contributed by atoms with Crippen molar-refractivity contribution in [2.24, 2.45) is 0 Å². The molecule has 4 aromatic rings. The molecule has 144 valence electrons. The van der Waals surface area contributed by atoms with Crippen LogP contribution >= 0.6 is 31.9 Å². The lowest BCUT2D eigenvalue weighted by molar-refractivity contribution is 0.169. The van der Waals surface area contributed by atoms with E-state index in [9.17, 15) is 5.11 Å². The SMILES string of the molecule is Cc1cc(C)cc(NC[C@@H](O)Cn2c3ccc(Br)cc3c3cc(Br)ccc32)c1. The summed E-state index contributed by atoms with van der Waals surface area (Å²) in [6, 6.07) is 19.0. The Bertz CT molecular complexity index is 1090. The maximum absolute atomic E-state index is 10.7. The number of aryl methyl sites for hydroxylation is 2. The standard InChI is InChI=1S/C23H22Br2N2O/c1-14-7-15(2)9-18(8-14)26-12-19(28)13-27-22-5-3-16(24)10-20(22)21-11-17(25)4-6-23(21)27/h3-11,19,26,28H,12-13H2,1-2H3/t19-/m1/s1. The molecule has 28 heavy (non-hydrogen) atoms. The molecular weight excluding hydrogens is 480 g/mol. The first kappa shape index (κ1) is 19.5. The van der Waals surface area contributed by atoms with Gasteiger partial charge in [-0.05, 0) is 73.5 Å². The van der Waals surface area contributed by atoms with Gasteiger partial charge in [-0.2, -0.15) is 0 Å². The van der Waals surface area contributed by atoms with Crippen LogP contribution in [0.1, 0.15) is 11.1 Å². The minimum absolute atomic E-state index is 0.497. The summed E-state index contributed by atoms with van der Waals surface area (Å²) in [5.41, 5.74) is 5.74. The highest BCUT2D eigenvalue weighted by Gasteiger charge is 2.14. The molecule has 2 N–H and O–H groups in total. The van der Waals surface area contributed by atoms with Gasteiger partial charge < -0.3 is 15.0 Å². The predicted octanol–water partition coefficient (Wildman–Crippen LogP) is 6.41. The third kappa shape index (κ3) is 3.97. The molecule has 4 rings (SSSR count). The first-order chi connectivity index (χ1) is 13.4. The van der Waals surface area contributed by atoms with Crippen LogP contribution < -0.4 is 5.32 Å². The Morgan fingerprint density at radius 3 is 1.93 bits per heavy atom. The number of rotatable bonds is 5. The molecule has 0 bridgehead atoms. The molecule has 0 radical (unpaired) electrons. The summed E-state index contributed by atoms with van der Waals surface area (Å²) in [6.07, 6.45) is -0.507. The number of hydrogen-bond acceptors (Lipinski definition) is 2. The summed E-state index contributed by atoms with van der Waals surface area (Å²) in [5, 5.41) is 16.5. The zero-order chi connectivity index (χ0) is 19.8. The second-order valence-corrected chi connectivity index (χ2v) is 9.18. The molecule has 0 saturated carbocycles. The van der Waals surface area contributed by atoms with Crippen LogP contribution in [0.5, 0.6) is 0 Å². The number of nitrogens with zero attached hydrogens (tertiary/aromatic N) is 1. The van der Waals surface area contributed by atoms with Gasteiger partial charge in [0.25, 0.3) is 0 Å². The van der Waals surface area contributed by atoms with Crippen molar-refractivity contribution in [2.75, 3.05) is 11.9 Å². The molecule has 0 aliphatic heterocycles. The van der Waals surface area contributed by atoms with E-state index in [0.29, 0.717) is 13.1 Å². The Labute approximate surface area is 181 Å². The number of aliphatic hydroxyl groups excluding tert-OH is 1. The van der Waals surface area contributed by atoms with Gasteiger partial charge in [0.1, 0.15) is 0 Å². The minimum atomic E-state index is -0.507. The molecule has 0 fully saturated rings. The van der Waals surface area contributed by atoms with Crippen molar-refractivity contribution in [1.29, 1.82) is 0 Å². The van der Waals surface area contributed by atoms with Crippen molar-refractivity contribution in [3.8, 4) is 0 Å². The van der Waals surface area contributed by atoms with Gasteiger partial charge in [-0.1, -0.05) is 37.9 Å². The van der Waals surface area contributed by atoms with Gasteiger partial charge in [0, 0.05) is 43.0 Å². The maximum Gasteiger partial charge on any atom is 0.0891 e. The smallest absolute Gasteiger partial charge is 0.0891 e. The third-order valence-corrected chi connectivity index (χ3v) is 5.93. The molecule has 0 aliphatic rings. The molecule has 3 aromatic carbocycles. The number of aromatic nitrogens is 1. The summed E-state index contributed by atoms with van der Waals surface area (Å²) >= 11 is 7.16. The molecular formula is C23H22Br2N2O. The average Bonchev–Trinajstić information content (AvgIpc) is 2.92. The lowest BCUT2D eigenvalue weighted by Gasteiger charge is -2.16. The van der Waals surface area contributed by atoms with E-state index < -0.39 is 6.10 Å². The Hall–Kier alpha value is -1.82. The molecule has 1 heterocycles. The number of hydrogen-bond donors (Lipinski definition) is 2. The van der Waals surface area contributed by atoms with Crippen molar-refractivity contribution in [3.63, 3.8) is 0 Å². The zero-order valence-corrected chi connectivity index (χ0v) is 19.0. The Morgan fingerprint density at radius 1 is 0.857 bits per heavy atom. The molecule has 0 spiro atoms. The lowest BCUT2D eigenvalue weighted by atomic mass is 10.1. The second kappa shape index (κ2) is 7.90. The van der Waals surface area contributed by atoms with Gasteiger partial charge in [0.15, 0.2) is 0 Å². The minimum Gasteiger partial charge on any atom is -0.389 e. The molecule has 1 atom stereocenters. The summed E-state index contributed by atoms with van der Waals surface area (Å²) in [5.74, 6) is 0. The molecule has 0 saturated heterocycles. The van der Waals surface area contributed by atoms with E-state index >= 15 is 0 Å². The third-order valence-electron chi connectivity index (χ3n) is 4.95. The zero-order valence-electron chi connectivity index (χ0n) is 15.8. The van der Waals surface area contributed by atoms with E-state index in [1.807, 2.05) is 12.1 Å². The quantitative estimate of drug-likeness (QED) is 0.331. The van der Waals surface area contributed by atoms with Crippen molar-refractivity contribution in [3.05, 3.63) is 74.7 Å². The number of nitrogens with one attached hydrogen (secondary N) is 1. The van der Waals surface area contributed by atoms with Crippen LogP contribution in [0.15, 0.2) is 63.5 Å². The van der Waals surface area contributed by atoms with E-state index in [1.54, 1.807) is 0 Å². The summed E-state index contributed by atoms with van der Waals surface area (Å²) in [4.78, 5) is 0. The van der Waals surface area contributed by atoms with E-state index in [4.69, 9.17) is 0 Å². The van der Waals surface area contributed by atoms with Crippen LogP contribution in [0.2, 0.25) is 0 Å². The highest BCUT2D eigenvalue weighted by Crippen LogP contribution is 2.33. The highest BCUT2D eigenvalue weighted by atomic mass is 79.9. The Morgan fingerprint density at radius 2 is 1.39 bits per heavy atom. The number of anilines is 1. The number of benzene rings is 3. The normalized spacial score (nSPS) is 12.6. The first-order valence-corrected chi connectivity index (χ1v) is 10.9. The van der Waals surface area contributed by atoms with E-state index in [2.05, 4.69) is 98.1 Å². The van der Waals surface area contributed by atoms with Crippen molar-refractivity contribution in [2.45, 2.75) is 26.5 Å². The lowest BCUT2D eigenvalue weighted by Crippen LogP contribution is -2.24. The van der Waals surface area contributed by atoms with Gasteiger partial charge >= 0.3 is 0 Å². The molecule has 0 unspecified atom stereocenters. The summed E-state index contributed by atoms with van der Waals surface area (Å²) in [7, 11) is 0. The van der Waals surface area contributed by atoms with Gasteiger partial charge in [-0.3, -0.25) is 0 Å². The largest absolute Gasteiger partial charge is 0.389 e. The van der Waals surface area contributed by atoms with Crippen molar-refractivity contribution < 1.29 is 5.11 Å². The number of halogens is 2. The molecule has 1 aromatic heterocycles. The van der Waals surface area contributed by atoms with Gasteiger partial charge in [0.2, 0.25) is 0 Å². The fourth-order valence-electron chi connectivity index (χ4n) is 3.83. The molecule has 0 amide bonds. The van der Waals surface area contributed by atoms with Gasteiger partial charge in [0.05, 0.1) is 12.6 Å². The summed E-state index contributed by atoms with van der Waals surface area (Å²) < 4.78 is 4.31. The predicted molar refractivity (Wildman–Crippen MR) is 125 cm³/mol. The van der Waals surface area contributed by atoms with Crippen molar-refractivity contribution >= 4 is 59.4 Å². The van der Waals surface area contributed by atoms with Crippen LogP contribution in [0.4, 0.5) is 5.69 Å². The monoisotopic (exact) mass is 500 g/mol. The Kier molecular flexibility index (Phi) is 5.50. The van der Waals surface area contributed by atoms with E-state index in [0.717, 1.165) is 25.7 Å². The van der Waals surface area contributed by atoms with Crippen LogP contribution in [-0.4, -0.2) is 22.3 Å². The van der Waals surface area contributed by atoms with Crippen molar-refractivity contribution in [1.82, 2.24) is 4.57 Å². The number of fused-ring (bicyclic) bond motifs is 3. The topological polar surface area (TPSA) is 37.2 Å². The van der Waals surface area contributed by atoms with E-state index in [-0.39, 0.29) is 0 Å². The van der Waals surface area contributed by atoms with Crippen LogP contribution in [0.25, 0.3) is 21.8 Å². The number of aliphatic hydroxyl groups is 1. The van der Waals surface area contributed by atoms with Gasteiger partial charge in [-0.25, -0.2) is 0 Å². The highest BCUT2D eigenvalue weighted by molar-refractivity contribution is 9.10. The molecule has 3 nitrogen and oxygen atoms in total. The first-order valence-electron chi connectivity index (χ1n) is 9.28. The molecule has 0 aliphatic carbocycles. The van der Waals surface area contributed by atoms with Crippen LogP contribution in [-0.2, 0) is 6.54 Å².